The van der Waals surface area contributed by atoms with Gasteiger partial charge in [0.15, 0.2) is 17.5 Å². The third-order valence-electron chi connectivity index (χ3n) is 10.9. The van der Waals surface area contributed by atoms with Gasteiger partial charge < -0.3 is 0 Å². The van der Waals surface area contributed by atoms with E-state index in [4.69, 9.17) is 15.0 Å². The van der Waals surface area contributed by atoms with Crippen LogP contribution >= 0.6 is 0 Å². The molecule has 10 rings (SSSR count). The molecule has 0 saturated carbocycles. The summed E-state index contributed by atoms with van der Waals surface area (Å²) in [5.74, 6) is 1.95. The first kappa shape index (κ1) is 31.1. The van der Waals surface area contributed by atoms with Crippen LogP contribution in [0.5, 0.6) is 0 Å². The minimum Gasteiger partial charge on any atom is -0.208 e. The van der Waals surface area contributed by atoms with Crippen LogP contribution in [0.15, 0.2) is 176 Å². The summed E-state index contributed by atoms with van der Waals surface area (Å²) in [4.78, 5) is 15.5. The minimum absolute atomic E-state index is 0.0649. The number of benzene rings is 8. The van der Waals surface area contributed by atoms with Gasteiger partial charge in [0.2, 0.25) is 0 Å². The predicted octanol–water partition coefficient (Wildman–Crippen LogP) is 12.8. The first-order valence-electron chi connectivity index (χ1n) is 18.2. The molecule has 3 heteroatoms. The zero-order chi connectivity index (χ0) is 35.5. The van der Waals surface area contributed by atoms with E-state index in [-0.39, 0.29) is 5.41 Å². The molecule has 8 aromatic carbocycles. The molecule has 9 aromatic rings. The zero-order valence-electron chi connectivity index (χ0n) is 29.6. The second-order valence-corrected chi connectivity index (χ2v) is 14.4. The van der Waals surface area contributed by atoms with Crippen LogP contribution in [-0.4, -0.2) is 15.0 Å². The van der Waals surface area contributed by atoms with Crippen LogP contribution in [0.4, 0.5) is 0 Å². The van der Waals surface area contributed by atoms with E-state index in [1.807, 2.05) is 36.4 Å². The fourth-order valence-corrected chi connectivity index (χ4v) is 8.34. The smallest absolute Gasteiger partial charge is 0.165 e. The molecule has 1 aliphatic carbocycles. The Morgan fingerprint density at radius 3 is 1.47 bits per heavy atom. The number of nitrogens with zero attached hydrogens (tertiary/aromatic N) is 3. The number of hydrogen-bond donors (Lipinski definition) is 0. The van der Waals surface area contributed by atoms with Gasteiger partial charge in [0.1, 0.15) is 0 Å². The quantitative estimate of drug-likeness (QED) is 0.170. The summed E-state index contributed by atoms with van der Waals surface area (Å²) < 4.78 is 0. The van der Waals surface area contributed by atoms with E-state index in [1.54, 1.807) is 0 Å². The third kappa shape index (κ3) is 5.08. The fourth-order valence-electron chi connectivity index (χ4n) is 8.34. The van der Waals surface area contributed by atoms with Gasteiger partial charge >= 0.3 is 0 Å². The Bertz CT molecular complexity index is 2780. The van der Waals surface area contributed by atoms with Crippen LogP contribution in [0, 0.1) is 0 Å². The topological polar surface area (TPSA) is 38.7 Å². The van der Waals surface area contributed by atoms with Crippen molar-refractivity contribution in [3.8, 4) is 67.5 Å². The van der Waals surface area contributed by atoms with Crippen LogP contribution < -0.4 is 0 Å². The summed E-state index contributed by atoms with van der Waals surface area (Å²) >= 11 is 0. The number of aromatic nitrogens is 3. The molecule has 53 heavy (non-hydrogen) atoms. The summed E-state index contributed by atoms with van der Waals surface area (Å²) in [6.07, 6.45) is 0. The molecule has 0 bridgehead atoms. The van der Waals surface area contributed by atoms with Crippen LogP contribution in [0.2, 0.25) is 0 Å². The Hall–Kier alpha value is -6.71. The van der Waals surface area contributed by atoms with E-state index < -0.39 is 0 Å². The van der Waals surface area contributed by atoms with Gasteiger partial charge in [-0.3, -0.25) is 0 Å². The SMILES string of the molecule is CC1(C)c2ccccc2-c2cc(-c3c4ccccc4c(-c4nc(-c5ccccc5)nc(-c5ccccc5)n4)c4ccc(-c5ccccc5)cc34)ccc21. The van der Waals surface area contributed by atoms with Crippen molar-refractivity contribution in [1.82, 2.24) is 15.0 Å². The van der Waals surface area contributed by atoms with Crippen molar-refractivity contribution >= 4 is 21.5 Å². The first-order valence-corrected chi connectivity index (χ1v) is 18.2. The van der Waals surface area contributed by atoms with Crippen molar-refractivity contribution in [3.05, 3.63) is 187 Å². The lowest BCUT2D eigenvalue weighted by Crippen LogP contribution is -2.14. The number of hydrogen-bond acceptors (Lipinski definition) is 3. The zero-order valence-corrected chi connectivity index (χ0v) is 29.6. The molecule has 1 heterocycles. The van der Waals surface area contributed by atoms with Gasteiger partial charge in [0.25, 0.3) is 0 Å². The maximum atomic E-state index is 5.25. The van der Waals surface area contributed by atoms with Gasteiger partial charge in [-0.05, 0) is 78.2 Å². The van der Waals surface area contributed by atoms with Crippen LogP contribution in [0.1, 0.15) is 25.0 Å². The minimum atomic E-state index is -0.0649. The highest BCUT2D eigenvalue weighted by Crippen LogP contribution is 2.51. The molecular weight excluding hydrogens is 643 g/mol. The number of rotatable bonds is 5. The summed E-state index contributed by atoms with van der Waals surface area (Å²) in [5.41, 5.74) is 13.0. The van der Waals surface area contributed by atoms with E-state index in [2.05, 4.69) is 153 Å². The molecule has 0 atom stereocenters. The van der Waals surface area contributed by atoms with Crippen molar-refractivity contribution in [2.24, 2.45) is 0 Å². The van der Waals surface area contributed by atoms with Crippen molar-refractivity contribution in [1.29, 1.82) is 0 Å². The summed E-state index contributed by atoms with van der Waals surface area (Å²) in [6.45, 7) is 4.68. The van der Waals surface area contributed by atoms with Crippen molar-refractivity contribution in [3.63, 3.8) is 0 Å². The lowest BCUT2D eigenvalue weighted by Gasteiger charge is -2.22. The maximum Gasteiger partial charge on any atom is 0.165 e. The summed E-state index contributed by atoms with van der Waals surface area (Å²) in [7, 11) is 0. The Balaban J connectivity index is 1.30. The Morgan fingerprint density at radius 1 is 0.321 bits per heavy atom. The molecule has 1 aromatic heterocycles. The van der Waals surface area contributed by atoms with E-state index >= 15 is 0 Å². The van der Waals surface area contributed by atoms with Gasteiger partial charge in [0, 0.05) is 22.1 Å². The van der Waals surface area contributed by atoms with Gasteiger partial charge in [-0.15, -0.1) is 0 Å². The summed E-state index contributed by atoms with van der Waals surface area (Å²) in [6, 6.07) is 62.6. The second-order valence-electron chi connectivity index (χ2n) is 14.4. The molecule has 0 spiro atoms. The molecule has 0 fully saturated rings. The van der Waals surface area contributed by atoms with E-state index in [1.165, 1.54) is 44.5 Å². The van der Waals surface area contributed by atoms with Gasteiger partial charge in [-0.2, -0.15) is 0 Å². The first-order chi connectivity index (χ1) is 26.0. The molecule has 3 nitrogen and oxygen atoms in total. The van der Waals surface area contributed by atoms with Gasteiger partial charge in [-0.25, -0.2) is 15.0 Å². The molecule has 0 radical (unpaired) electrons. The Labute approximate surface area is 309 Å². The normalized spacial score (nSPS) is 12.9. The van der Waals surface area contributed by atoms with Crippen molar-refractivity contribution in [2.45, 2.75) is 19.3 Å². The Kier molecular flexibility index (Phi) is 7.16. The second kappa shape index (κ2) is 12.2. The number of fused-ring (bicyclic) bond motifs is 5. The molecule has 1 aliphatic rings. The summed E-state index contributed by atoms with van der Waals surface area (Å²) in [5, 5.41) is 4.53. The molecule has 0 saturated heterocycles. The van der Waals surface area contributed by atoms with E-state index in [9.17, 15) is 0 Å². The van der Waals surface area contributed by atoms with Crippen LogP contribution in [-0.2, 0) is 5.41 Å². The maximum absolute atomic E-state index is 5.25. The largest absolute Gasteiger partial charge is 0.208 e. The fraction of sp³-hybridized carbons (Fsp3) is 0.0600. The molecule has 0 unspecified atom stereocenters. The highest BCUT2D eigenvalue weighted by molar-refractivity contribution is 6.21. The lowest BCUT2D eigenvalue weighted by atomic mass is 9.81. The van der Waals surface area contributed by atoms with Crippen molar-refractivity contribution in [2.75, 3.05) is 0 Å². The highest BCUT2D eigenvalue weighted by Gasteiger charge is 2.35. The van der Waals surface area contributed by atoms with Gasteiger partial charge in [0.05, 0.1) is 0 Å². The van der Waals surface area contributed by atoms with Crippen LogP contribution in [0.3, 0.4) is 0 Å². The monoisotopic (exact) mass is 677 g/mol. The lowest BCUT2D eigenvalue weighted by molar-refractivity contribution is 0.660. The van der Waals surface area contributed by atoms with Crippen molar-refractivity contribution < 1.29 is 0 Å². The molecule has 0 amide bonds. The molecule has 250 valence electrons. The Morgan fingerprint density at radius 2 is 0.811 bits per heavy atom. The predicted molar refractivity (Wildman–Crippen MR) is 220 cm³/mol. The van der Waals surface area contributed by atoms with E-state index in [0.717, 1.165) is 38.2 Å². The van der Waals surface area contributed by atoms with E-state index in [0.29, 0.717) is 17.5 Å². The molecule has 0 N–H and O–H groups in total. The highest BCUT2D eigenvalue weighted by atomic mass is 15.0. The average Bonchev–Trinajstić information content (AvgIpc) is 3.45. The van der Waals surface area contributed by atoms with Gasteiger partial charge in [-0.1, -0.05) is 178 Å². The standard InChI is InChI=1S/C50H35N3/c1-50(2)43-25-15-14-22-37(43)41-31-36(27-29-44(41)50)45-38-23-12-13-24-39(38)46(40-28-26-35(30-42(40)45)32-16-6-3-7-17-32)49-52-47(33-18-8-4-9-19-33)51-48(53-49)34-20-10-5-11-21-34/h3-31H,1-2H3. The van der Waals surface area contributed by atoms with Crippen LogP contribution in [0.25, 0.3) is 89.1 Å². The average molecular weight is 678 g/mol. The molecule has 0 aliphatic heterocycles. The molecular formula is C50H35N3. The third-order valence-corrected chi connectivity index (χ3v) is 10.9.